The van der Waals surface area contributed by atoms with Crippen LogP contribution in [0.2, 0.25) is 0 Å². The molecule has 0 aromatic rings. The lowest BCUT2D eigenvalue weighted by atomic mass is 9.92. The van der Waals surface area contributed by atoms with Crippen molar-refractivity contribution in [1.29, 1.82) is 0 Å². The number of aliphatic carboxylic acids is 1. The Bertz CT molecular complexity index is 240. The molecule has 0 radical (unpaired) electrons. The molecule has 0 spiro atoms. The molecule has 7 nitrogen and oxygen atoms in total. The maximum absolute atomic E-state index is 10.9. The van der Waals surface area contributed by atoms with Crippen molar-refractivity contribution in [3.63, 3.8) is 0 Å². The number of carbonyl (C=O) groups is 2. The Kier molecular flexibility index (Phi) is 6.43. The van der Waals surface area contributed by atoms with Gasteiger partial charge >= 0.3 is 12.1 Å². The summed E-state index contributed by atoms with van der Waals surface area (Å²) in [5, 5.41) is 11.3. The zero-order valence-electron chi connectivity index (χ0n) is 9.27. The normalized spacial score (nSPS) is 18.1. The van der Waals surface area contributed by atoms with Crippen molar-refractivity contribution in [3.05, 3.63) is 0 Å². The lowest BCUT2D eigenvalue weighted by molar-refractivity contribution is -0.141. The number of ether oxygens (including phenoxy) is 2. The highest BCUT2D eigenvalue weighted by Crippen LogP contribution is 2.19. The number of hydrogen-bond acceptors (Lipinski definition) is 5. The van der Waals surface area contributed by atoms with Gasteiger partial charge in [-0.2, -0.15) is 0 Å². The first kappa shape index (κ1) is 14.7. The molecule has 1 heterocycles. The van der Waals surface area contributed by atoms with Crippen LogP contribution in [0.4, 0.5) is 4.79 Å². The second-order valence-electron chi connectivity index (χ2n) is 3.40. The van der Waals surface area contributed by atoms with Crippen molar-refractivity contribution in [2.24, 2.45) is 5.92 Å². The monoisotopic (exact) mass is 234 g/mol. The summed E-state index contributed by atoms with van der Waals surface area (Å²) in [7, 11) is 1.21. The fourth-order valence-corrected chi connectivity index (χ4v) is 1.62. The molecule has 1 rings (SSSR count). The van der Waals surface area contributed by atoms with E-state index < -0.39 is 18.1 Å². The maximum atomic E-state index is 10.9. The fourth-order valence-electron chi connectivity index (χ4n) is 1.62. The molecular formula is C9H18N2O5. The number of hydrogen-bond donors (Lipinski definition) is 3. The first-order valence-electron chi connectivity index (χ1n) is 4.80. The van der Waals surface area contributed by atoms with E-state index in [0.717, 1.165) is 0 Å². The molecule has 1 fully saturated rings. The molecule has 1 saturated heterocycles. The van der Waals surface area contributed by atoms with Crippen LogP contribution in [0.25, 0.3) is 0 Å². The second-order valence-corrected chi connectivity index (χ2v) is 3.40. The van der Waals surface area contributed by atoms with E-state index in [1.807, 2.05) is 0 Å². The van der Waals surface area contributed by atoms with Crippen LogP contribution >= 0.6 is 0 Å². The summed E-state index contributed by atoms with van der Waals surface area (Å²) in [6.07, 6.45) is 0.566. The highest BCUT2D eigenvalue weighted by atomic mass is 16.5. The summed E-state index contributed by atoms with van der Waals surface area (Å²) >= 11 is 0. The number of rotatable bonds is 3. The van der Waals surface area contributed by atoms with E-state index >= 15 is 0 Å². The van der Waals surface area contributed by atoms with Gasteiger partial charge in [0.15, 0.2) is 0 Å². The molecule has 0 aromatic heterocycles. The van der Waals surface area contributed by atoms with Gasteiger partial charge < -0.3 is 26.0 Å². The average Bonchev–Trinajstić information content (AvgIpc) is 2.26. The van der Waals surface area contributed by atoms with E-state index in [0.29, 0.717) is 26.1 Å². The van der Waals surface area contributed by atoms with Crippen LogP contribution < -0.4 is 11.5 Å². The van der Waals surface area contributed by atoms with Crippen molar-refractivity contribution in [2.45, 2.75) is 18.9 Å². The molecule has 1 aliphatic rings. The number of amides is 1. The van der Waals surface area contributed by atoms with Gasteiger partial charge in [-0.25, -0.2) is 9.59 Å². The molecule has 0 saturated carbocycles. The van der Waals surface area contributed by atoms with Gasteiger partial charge in [0.2, 0.25) is 0 Å². The third-order valence-corrected chi connectivity index (χ3v) is 2.46. The van der Waals surface area contributed by atoms with Crippen molar-refractivity contribution in [2.75, 3.05) is 20.3 Å². The Morgan fingerprint density at radius 3 is 2.44 bits per heavy atom. The predicted molar refractivity (Wildman–Crippen MR) is 55.5 cm³/mol. The minimum Gasteiger partial charge on any atom is -0.480 e. The van der Waals surface area contributed by atoms with E-state index in [2.05, 4.69) is 10.1 Å². The number of carboxylic acids is 1. The minimum atomic E-state index is -1.03. The highest BCUT2D eigenvalue weighted by molar-refractivity contribution is 5.80. The van der Waals surface area contributed by atoms with Gasteiger partial charge in [-0.3, -0.25) is 0 Å². The smallest absolute Gasteiger partial charge is 0.407 e. The lowest BCUT2D eigenvalue weighted by Crippen LogP contribution is -2.47. The van der Waals surface area contributed by atoms with E-state index in [1.54, 1.807) is 0 Å². The topological polar surface area (TPSA) is 120 Å². The van der Waals surface area contributed by atoms with Crippen LogP contribution in [0.15, 0.2) is 0 Å². The molecule has 94 valence electrons. The van der Waals surface area contributed by atoms with Gasteiger partial charge in [-0.1, -0.05) is 0 Å². The van der Waals surface area contributed by atoms with Crippen LogP contribution in [-0.4, -0.2) is 43.5 Å². The van der Waals surface area contributed by atoms with Crippen molar-refractivity contribution < 1.29 is 24.2 Å². The lowest BCUT2D eigenvalue weighted by Gasteiger charge is -2.27. The van der Waals surface area contributed by atoms with Crippen LogP contribution in [0.1, 0.15) is 12.8 Å². The van der Waals surface area contributed by atoms with Crippen LogP contribution in [0.3, 0.4) is 0 Å². The predicted octanol–water partition coefficient (Wildman–Crippen LogP) is 0.384. The van der Waals surface area contributed by atoms with Crippen molar-refractivity contribution in [3.8, 4) is 0 Å². The molecule has 0 bridgehead atoms. The molecule has 16 heavy (non-hydrogen) atoms. The molecule has 7 heteroatoms. The summed E-state index contributed by atoms with van der Waals surface area (Å²) in [6, 6.07) is -0.888. The molecule has 1 amide bonds. The number of nitrogens with one attached hydrogen (secondary N) is 1. The van der Waals surface area contributed by atoms with Crippen LogP contribution in [0, 0.1) is 5.92 Å². The van der Waals surface area contributed by atoms with Crippen LogP contribution in [-0.2, 0) is 14.3 Å². The molecule has 0 aromatic carbocycles. The minimum absolute atomic E-state index is 0. The summed E-state index contributed by atoms with van der Waals surface area (Å²) in [6.45, 7) is 1.08. The Labute approximate surface area is 93.7 Å². The SMILES string of the molecule is COC(=O)N[C@H](C(=O)O)C1CCOCC1.N. The zero-order chi connectivity index (χ0) is 11.3. The standard InChI is InChI=1S/C9H15NO5.H3N/c1-14-9(13)10-7(8(11)12)6-2-4-15-5-3-6;/h6-7H,2-5H2,1H3,(H,10,13)(H,11,12);1H3/t7-;/m0./s1. The third-order valence-electron chi connectivity index (χ3n) is 2.46. The molecule has 1 aliphatic heterocycles. The summed E-state index contributed by atoms with van der Waals surface area (Å²) < 4.78 is 9.50. The molecule has 5 N–H and O–H groups in total. The van der Waals surface area contributed by atoms with Crippen molar-refractivity contribution >= 4 is 12.1 Å². The van der Waals surface area contributed by atoms with Gasteiger partial charge in [-0.15, -0.1) is 0 Å². The average molecular weight is 234 g/mol. The number of alkyl carbamates (subject to hydrolysis) is 1. The molecule has 0 unspecified atom stereocenters. The van der Waals surface area contributed by atoms with Crippen LogP contribution in [0.5, 0.6) is 0 Å². The van der Waals surface area contributed by atoms with Gasteiger partial charge in [0.05, 0.1) is 7.11 Å². The molecular weight excluding hydrogens is 216 g/mol. The summed E-state index contributed by atoms with van der Waals surface area (Å²) in [5.74, 6) is -1.12. The zero-order valence-corrected chi connectivity index (χ0v) is 9.27. The number of carboxylic acid groups (broad SMARTS) is 1. The van der Waals surface area contributed by atoms with Gasteiger partial charge in [0.25, 0.3) is 0 Å². The molecule has 1 atom stereocenters. The highest BCUT2D eigenvalue weighted by Gasteiger charge is 2.31. The van der Waals surface area contributed by atoms with Crippen molar-refractivity contribution in [1.82, 2.24) is 11.5 Å². The quantitative estimate of drug-likeness (QED) is 0.649. The summed E-state index contributed by atoms with van der Waals surface area (Å²) in [5.41, 5.74) is 0. The maximum Gasteiger partial charge on any atom is 0.407 e. The Balaban J connectivity index is 0.00000225. The summed E-state index contributed by atoms with van der Waals surface area (Å²) in [4.78, 5) is 21.9. The number of methoxy groups -OCH3 is 1. The Morgan fingerprint density at radius 2 is 2.00 bits per heavy atom. The molecule has 0 aliphatic carbocycles. The first-order chi connectivity index (χ1) is 7.15. The van der Waals surface area contributed by atoms with E-state index in [-0.39, 0.29) is 12.1 Å². The number of carbonyl (C=O) groups excluding carboxylic acids is 1. The third kappa shape index (κ3) is 4.03. The van der Waals surface area contributed by atoms with Gasteiger partial charge in [0, 0.05) is 13.2 Å². The van der Waals surface area contributed by atoms with Gasteiger partial charge in [-0.05, 0) is 18.8 Å². The van der Waals surface area contributed by atoms with E-state index in [4.69, 9.17) is 9.84 Å². The largest absolute Gasteiger partial charge is 0.480 e. The van der Waals surface area contributed by atoms with E-state index in [9.17, 15) is 9.59 Å². The van der Waals surface area contributed by atoms with Gasteiger partial charge in [0.1, 0.15) is 6.04 Å². The Hall–Kier alpha value is -1.34. The second kappa shape index (κ2) is 7.02. The fraction of sp³-hybridized carbons (Fsp3) is 0.778. The van der Waals surface area contributed by atoms with E-state index in [1.165, 1.54) is 7.11 Å². The Morgan fingerprint density at radius 1 is 1.44 bits per heavy atom. The first-order valence-corrected chi connectivity index (χ1v) is 4.80.